The lowest BCUT2D eigenvalue weighted by atomic mass is 10.1. The summed E-state index contributed by atoms with van der Waals surface area (Å²) in [5, 5.41) is 24.2. The number of benzene rings is 3. The Bertz CT molecular complexity index is 1010. The fraction of sp³-hybridized carbons (Fsp3) is 0.231. The third kappa shape index (κ3) is 9.32. The molecule has 0 bridgehead atoms. The number of hydrogen-bond donors (Lipinski definition) is 3. The Morgan fingerprint density at radius 3 is 1.85 bits per heavy atom. The molecular formula is C26H29NO7. The van der Waals surface area contributed by atoms with Gasteiger partial charge in [-0.15, -0.1) is 0 Å². The number of ether oxygens (including phenoxy) is 2. The largest absolute Gasteiger partial charge is 0.493 e. The van der Waals surface area contributed by atoms with Gasteiger partial charge in [-0.25, -0.2) is 9.59 Å². The summed E-state index contributed by atoms with van der Waals surface area (Å²) in [5.41, 5.74) is 3.46. The first-order valence-corrected chi connectivity index (χ1v) is 10.6. The highest BCUT2D eigenvalue weighted by molar-refractivity contribution is 6.27. The second-order valence-corrected chi connectivity index (χ2v) is 7.29. The molecule has 180 valence electrons. The van der Waals surface area contributed by atoms with E-state index >= 15 is 0 Å². The van der Waals surface area contributed by atoms with Crippen molar-refractivity contribution in [1.82, 2.24) is 4.90 Å². The smallest absolute Gasteiger partial charge is 0.414 e. The zero-order chi connectivity index (χ0) is 24.8. The summed E-state index contributed by atoms with van der Waals surface area (Å²) in [6, 6.07) is 26.4. The first-order valence-electron chi connectivity index (χ1n) is 10.6. The molecule has 3 N–H and O–H groups in total. The van der Waals surface area contributed by atoms with Crippen LogP contribution in [0.5, 0.6) is 11.5 Å². The Balaban J connectivity index is 0.000000604. The van der Waals surface area contributed by atoms with Crippen molar-refractivity contribution >= 4 is 11.9 Å². The number of carboxylic acids is 2. The van der Waals surface area contributed by atoms with E-state index < -0.39 is 11.9 Å². The Kier molecular flexibility index (Phi) is 11.1. The van der Waals surface area contributed by atoms with Crippen LogP contribution in [0.1, 0.15) is 16.7 Å². The van der Waals surface area contributed by atoms with Crippen molar-refractivity contribution in [1.29, 1.82) is 0 Å². The minimum atomic E-state index is -1.82. The molecule has 3 rings (SSSR count). The normalized spacial score (nSPS) is 10.2. The van der Waals surface area contributed by atoms with E-state index in [9.17, 15) is 5.11 Å². The fourth-order valence-electron chi connectivity index (χ4n) is 3.12. The zero-order valence-corrected chi connectivity index (χ0v) is 19.0. The van der Waals surface area contributed by atoms with Crippen LogP contribution in [0.15, 0.2) is 78.9 Å². The minimum Gasteiger partial charge on any atom is -0.493 e. The van der Waals surface area contributed by atoms with Gasteiger partial charge in [-0.1, -0.05) is 66.7 Å². The Hall–Kier alpha value is -3.88. The highest BCUT2D eigenvalue weighted by Gasteiger charge is 2.11. The number of carboxylic acid groups (broad SMARTS) is 2. The summed E-state index contributed by atoms with van der Waals surface area (Å²) in [4.78, 5) is 20.4. The summed E-state index contributed by atoms with van der Waals surface area (Å²) in [7, 11) is 1.66. The molecule has 0 saturated carbocycles. The molecule has 34 heavy (non-hydrogen) atoms. The Labute approximate surface area is 198 Å². The molecule has 0 unspecified atom stereocenters. The second-order valence-electron chi connectivity index (χ2n) is 7.29. The van der Waals surface area contributed by atoms with E-state index in [1.807, 2.05) is 60.7 Å². The SMILES string of the molecule is COc1cc(CN(CCO)Cc2ccccc2)ccc1OCc1ccccc1.O=C(O)C(=O)O. The summed E-state index contributed by atoms with van der Waals surface area (Å²) in [6.45, 7) is 2.76. The summed E-state index contributed by atoms with van der Waals surface area (Å²) < 4.78 is 11.5. The summed E-state index contributed by atoms with van der Waals surface area (Å²) in [5.74, 6) is -2.20. The van der Waals surface area contributed by atoms with Crippen molar-refractivity contribution in [3.05, 3.63) is 95.6 Å². The molecule has 0 atom stereocenters. The number of aliphatic hydroxyl groups is 1. The molecule has 0 heterocycles. The van der Waals surface area contributed by atoms with Crippen LogP contribution in [-0.2, 0) is 29.3 Å². The van der Waals surface area contributed by atoms with Gasteiger partial charge in [0.2, 0.25) is 0 Å². The van der Waals surface area contributed by atoms with E-state index in [-0.39, 0.29) is 6.61 Å². The number of aliphatic carboxylic acids is 2. The van der Waals surface area contributed by atoms with Crippen molar-refractivity contribution in [3.8, 4) is 11.5 Å². The van der Waals surface area contributed by atoms with E-state index in [2.05, 4.69) is 23.1 Å². The van der Waals surface area contributed by atoms with Gasteiger partial charge in [-0.2, -0.15) is 0 Å². The number of methoxy groups -OCH3 is 1. The van der Waals surface area contributed by atoms with Crippen LogP contribution in [0.25, 0.3) is 0 Å². The number of nitrogens with zero attached hydrogens (tertiary/aromatic N) is 1. The minimum absolute atomic E-state index is 0.127. The first kappa shape index (κ1) is 26.4. The summed E-state index contributed by atoms with van der Waals surface area (Å²) in [6.07, 6.45) is 0. The van der Waals surface area contributed by atoms with Crippen LogP contribution in [0.2, 0.25) is 0 Å². The molecular weight excluding hydrogens is 438 g/mol. The maximum Gasteiger partial charge on any atom is 0.414 e. The van der Waals surface area contributed by atoms with Gasteiger partial charge in [0.05, 0.1) is 13.7 Å². The quantitative estimate of drug-likeness (QED) is 0.389. The molecule has 3 aromatic carbocycles. The van der Waals surface area contributed by atoms with Gasteiger partial charge in [-0.05, 0) is 28.8 Å². The van der Waals surface area contributed by atoms with Gasteiger partial charge in [0.1, 0.15) is 6.61 Å². The third-order valence-corrected chi connectivity index (χ3v) is 4.72. The molecule has 0 aliphatic carbocycles. The molecule has 0 aromatic heterocycles. The standard InChI is InChI=1S/C24H27NO3.C2H2O4/c1-27-24-16-22(12-13-23(24)28-19-21-10-6-3-7-11-21)18-25(14-15-26)17-20-8-4-2-5-9-20;3-1(4)2(5)6/h2-13,16,26H,14-15,17-19H2,1H3;(H,3,4)(H,5,6). The van der Waals surface area contributed by atoms with Crippen molar-refractivity contribution < 1.29 is 34.4 Å². The predicted molar refractivity (Wildman–Crippen MR) is 127 cm³/mol. The number of aliphatic hydroxyl groups excluding tert-OH is 1. The van der Waals surface area contributed by atoms with Crippen LogP contribution in [0.3, 0.4) is 0 Å². The van der Waals surface area contributed by atoms with E-state index in [0.717, 1.165) is 35.7 Å². The Morgan fingerprint density at radius 2 is 1.32 bits per heavy atom. The monoisotopic (exact) mass is 467 g/mol. The van der Waals surface area contributed by atoms with E-state index in [4.69, 9.17) is 29.3 Å². The number of rotatable bonds is 10. The van der Waals surface area contributed by atoms with E-state index in [1.54, 1.807) is 7.11 Å². The lowest BCUT2D eigenvalue weighted by molar-refractivity contribution is -0.159. The molecule has 0 radical (unpaired) electrons. The highest BCUT2D eigenvalue weighted by Crippen LogP contribution is 2.29. The lowest BCUT2D eigenvalue weighted by Crippen LogP contribution is -2.26. The van der Waals surface area contributed by atoms with Crippen molar-refractivity contribution in [2.45, 2.75) is 19.7 Å². The van der Waals surface area contributed by atoms with Crippen LogP contribution in [0.4, 0.5) is 0 Å². The van der Waals surface area contributed by atoms with Gasteiger partial charge in [0, 0.05) is 19.6 Å². The van der Waals surface area contributed by atoms with Gasteiger partial charge in [0.15, 0.2) is 11.5 Å². The van der Waals surface area contributed by atoms with Gasteiger partial charge < -0.3 is 24.8 Å². The molecule has 8 nitrogen and oxygen atoms in total. The first-order chi connectivity index (χ1) is 16.4. The van der Waals surface area contributed by atoms with Crippen molar-refractivity contribution in [3.63, 3.8) is 0 Å². The predicted octanol–water partition coefficient (Wildman–Crippen LogP) is 3.42. The lowest BCUT2D eigenvalue weighted by Gasteiger charge is -2.22. The Morgan fingerprint density at radius 1 is 0.765 bits per heavy atom. The third-order valence-electron chi connectivity index (χ3n) is 4.72. The summed E-state index contributed by atoms with van der Waals surface area (Å²) >= 11 is 0. The van der Waals surface area contributed by atoms with Gasteiger partial charge in [-0.3, -0.25) is 4.90 Å². The molecule has 0 spiro atoms. The molecule has 3 aromatic rings. The van der Waals surface area contributed by atoms with Crippen molar-refractivity contribution in [2.75, 3.05) is 20.3 Å². The van der Waals surface area contributed by atoms with Gasteiger partial charge in [0.25, 0.3) is 0 Å². The molecule has 0 aliphatic heterocycles. The molecule has 0 fully saturated rings. The second kappa shape index (κ2) is 14.3. The molecule has 0 aliphatic rings. The van der Waals surface area contributed by atoms with Crippen LogP contribution in [0, 0.1) is 0 Å². The molecule has 8 heteroatoms. The molecule has 0 amide bonds. The molecule has 0 saturated heterocycles. The van der Waals surface area contributed by atoms with Crippen molar-refractivity contribution in [2.24, 2.45) is 0 Å². The van der Waals surface area contributed by atoms with E-state index in [0.29, 0.717) is 13.2 Å². The maximum absolute atomic E-state index is 9.43. The highest BCUT2D eigenvalue weighted by atomic mass is 16.5. The number of carbonyl (C=O) groups is 2. The van der Waals surface area contributed by atoms with Gasteiger partial charge >= 0.3 is 11.9 Å². The maximum atomic E-state index is 9.43. The van der Waals surface area contributed by atoms with Crippen LogP contribution < -0.4 is 9.47 Å². The zero-order valence-electron chi connectivity index (χ0n) is 19.0. The average Bonchev–Trinajstić information content (AvgIpc) is 2.85. The van der Waals surface area contributed by atoms with Crippen LogP contribution in [-0.4, -0.2) is 52.4 Å². The number of hydrogen-bond acceptors (Lipinski definition) is 6. The topological polar surface area (TPSA) is 117 Å². The average molecular weight is 468 g/mol. The fourth-order valence-corrected chi connectivity index (χ4v) is 3.12. The van der Waals surface area contributed by atoms with Crippen LogP contribution >= 0.6 is 0 Å². The van der Waals surface area contributed by atoms with E-state index in [1.165, 1.54) is 5.56 Å².